The molecule has 0 heterocycles. The molecule has 0 spiro atoms. The van der Waals surface area contributed by atoms with Gasteiger partial charge in [-0.05, 0) is 18.4 Å². The predicted octanol–water partition coefficient (Wildman–Crippen LogP) is 1.87. The first kappa shape index (κ1) is 10.5. The molecule has 0 radical (unpaired) electrons. The highest BCUT2D eigenvalue weighted by Gasteiger charge is 2.30. The Morgan fingerprint density at radius 1 is 1.70 bits per heavy atom. The summed E-state index contributed by atoms with van der Waals surface area (Å²) in [5.74, 6) is -0.891. The van der Waals surface area contributed by atoms with Gasteiger partial charge >= 0.3 is 8.03 Å². The number of aliphatic hydroxyl groups is 1. The lowest BCUT2D eigenvalue weighted by atomic mass is 10.5. The average molecular weight is 230 g/mol. The summed E-state index contributed by atoms with van der Waals surface area (Å²) in [6.45, 7) is 3.54. The van der Waals surface area contributed by atoms with Gasteiger partial charge in [0.25, 0.3) is 5.85 Å². The van der Waals surface area contributed by atoms with Crippen LogP contribution in [0.4, 0.5) is 0 Å². The van der Waals surface area contributed by atoms with Crippen LogP contribution in [-0.4, -0.2) is 22.4 Å². The van der Waals surface area contributed by atoms with Crippen molar-refractivity contribution in [2.75, 3.05) is 5.33 Å². The van der Waals surface area contributed by atoms with Crippen LogP contribution in [0, 0.1) is 0 Å². The largest absolute Gasteiger partial charge is 0.541 e. The van der Waals surface area contributed by atoms with Crippen LogP contribution in [0.3, 0.4) is 0 Å². The minimum atomic E-state index is -1.92. The predicted molar refractivity (Wildman–Crippen MR) is 43.6 cm³/mol. The van der Waals surface area contributed by atoms with Crippen LogP contribution in [-0.2, 0) is 9.09 Å². The zero-order valence-electron chi connectivity index (χ0n) is 5.95. The summed E-state index contributed by atoms with van der Waals surface area (Å²) in [4.78, 5) is 0. The Morgan fingerprint density at radius 2 is 2.20 bits per heavy atom. The van der Waals surface area contributed by atoms with Crippen LogP contribution in [0.5, 0.6) is 0 Å². The molecule has 1 N–H and O–H groups in total. The average Bonchev–Trinajstić information content (AvgIpc) is 1.85. The fourth-order valence-corrected chi connectivity index (χ4v) is 1.71. The Kier molecular flexibility index (Phi) is 5.45. The topological polar surface area (TPSA) is 46.5 Å². The second-order valence-corrected chi connectivity index (χ2v) is 4.10. The molecule has 0 rings (SSSR count). The van der Waals surface area contributed by atoms with E-state index in [-0.39, 0.29) is 11.4 Å². The van der Waals surface area contributed by atoms with Crippen molar-refractivity contribution in [2.24, 2.45) is 0 Å². The number of alkyl halides is 1. The van der Waals surface area contributed by atoms with Gasteiger partial charge in [0.1, 0.15) is 6.10 Å². The molecular weight excluding hydrogens is 219 g/mol. The summed E-state index contributed by atoms with van der Waals surface area (Å²) < 4.78 is 15.7. The molecule has 0 aliphatic rings. The van der Waals surface area contributed by atoms with Crippen LogP contribution >= 0.6 is 24.0 Å². The van der Waals surface area contributed by atoms with E-state index in [1.54, 1.807) is 13.8 Å². The standard InChI is InChI=1S/C5H11BrO3P/c1-4(2)9-10(8)5(7)3-6/h4-5,7H,3H2,1-2H3/q+1. The van der Waals surface area contributed by atoms with Gasteiger partial charge in [0.15, 0.2) is 0 Å². The van der Waals surface area contributed by atoms with E-state index in [2.05, 4.69) is 15.9 Å². The second kappa shape index (κ2) is 5.19. The van der Waals surface area contributed by atoms with Gasteiger partial charge in [0, 0.05) is 0 Å². The fraction of sp³-hybridized carbons (Fsp3) is 1.00. The third-order valence-corrected chi connectivity index (χ3v) is 3.11. The Labute approximate surface area is 69.8 Å². The second-order valence-electron chi connectivity index (χ2n) is 2.07. The van der Waals surface area contributed by atoms with Crippen molar-refractivity contribution < 1.29 is 14.2 Å². The van der Waals surface area contributed by atoms with Crippen LogP contribution in [0.1, 0.15) is 13.8 Å². The summed E-state index contributed by atoms with van der Waals surface area (Å²) in [5.41, 5.74) is 0. The SMILES string of the molecule is CC(C)O[P+](=O)C(O)CBr. The molecule has 2 unspecified atom stereocenters. The van der Waals surface area contributed by atoms with Gasteiger partial charge in [-0.1, -0.05) is 15.9 Å². The molecule has 2 atom stereocenters. The molecule has 0 saturated heterocycles. The van der Waals surface area contributed by atoms with Crippen molar-refractivity contribution in [1.82, 2.24) is 0 Å². The minimum absolute atomic E-state index is 0.0997. The fourth-order valence-electron chi connectivity index (χ4n) is 0.334. The first-order valence-electron chi connectivity index (χ1n) is 2.95. The third kappa shape index (κ3) is 4.34. The van der Waals surface area contributed by atoms with Crippen LogP contribution in [0.2, 0.25) is 0 Å². The number of aliphatic hydroxyl groups excluding tert-OH is 1. The normalized spacial score (nSPS) is 15.5. The number of hydrogen-bond donors (Lipinski definition) is 1. The maximum Gasteiger partial charge on any atom is 0.541 e. The molecule has 0 fully saturated rings. The maximum atomic E-state index is 10.8. The van der Waals surface area contributed by atoms with E-state index >= 15 is 0 Å². The number of rotatable bonds is 4. The number of hydrogen-bond acceptors (Lipinski definition) is 3. The summed E-state index contributed by atoms with van der Waals surface area (Å²) in [7, 11) is -1.92. The molecule has 0 aliphatic carbocycles. The molecule has 0 saturated carbocycles. The third-order valence-electron chi connectivity index (χ3n) is 0.696. The molecule has 0 bridgehead atoms. The minimum Gasteiger partial charge on any atom is -0.348 e. The zero-order chi connectivity index (χ0) is 8.15. The van der Waals surface area contributed by atoms with Crippen molar-refractivity contribution in [3.8, 4) is 0 Å². The van der Waals surface area contributed by atoms with Gasteiger partial charge in [0.2, 0.25) is 0 Å². The molecule has 0 aromatic heterocycles. The molecule has 60 valence electrons. The molecular formula is C5H11BrO3P+. The van der Waals surface area contributed by atoms with E-state index in [9.17, 15) is 4.57 Å². The lowest BCUT2D eigenvalue weighted by molar-refractivity contribution is 0.207. The van der Waals surface area contributed by atoms with Gasteiger partial charge in [-0.15, -0.1) is 4.52 Å². The molecule has 0 aromatic rings. The van der Waals surface area contributed by atoms with Gasteiger partial charge in [-0.25, -0.2) is 0 Å². The van der Waals surface area contributed by atoms with E-state index in [0.717, 1.165) is 0 Å². The van der Waals surface area contributed by atoms with E-state index in [4.69, 9.17) is 9.63 Å². The zero-order valence-corrected chi connectivity index (χ0v) is 8.43. The molecule has 5 heteroatoms. The maximum absolute atomic E-state index is 10.8. The summed E-state index contributed by atoms with van der Waals surface area (Å²) in [6, 6.07) is 0. The van der Waals surface area contributed by atoms with E-state index in [0.29, 0.717) is 0 Å². The number of halogens is 1. The Bertz CT molecular complexity index is 117. The molecule has 10 heavy (non-hydrogen) atoms. The van der Waals surface area contributed by atoms with Gasteiger partial charge in [0.05, 0.1) is 5.33 Å². The highest BCUT2D eigenvalue weighted by Crippen LogP contribution is 2.30. The summed E-state index contributed by atoms with van der Waals surface area (Å²) in [6.07, 6.45) is -0.0997. The van der Waals surface area contributed by atoms with Gasteiger partial charge in [-0.3, -0.25) is 0 Å². The van der Waals surface area contributed by atoms with Crippen LogP contribution in [0.25, 0.3) is 0 Å². The summed E-state index contributed by atoms with van der Waals surface area (Å²) >= 11 is 2.99. The first-order chi connectivity index (χ1) is 4.57. The highest BCUT2D eigenvalue weighted by molar-refractivity contribution is 9.09. The Hall–Kier alpha value is 0.500. The van der Waals surface area contributed by atoms with E-state index < -0.39 is 13.9 Å². The van der Waals surface area contributed by atoms with Gasteiger partial charge < -0.3 is 5.11 Å². The Balaban J connectivity index is 3.62. The van der Waals surface area contributed by atoms with Crippen LogP contribution < -0.4 is 0 Å². The first-order valence-corrected chi connectivity index (χ1v) is 5.32. The highest BCUT2D eigenvalue weighted by atomic mass is 79.9. The Morgan fingerprint density at radius 3 is 2.50 bits per heavy atom. The summed E-state index contributed by atoms with van der Waals surface area (Å²) in [5, 5.41) is 9.21. The van der Waals surface area contributed by atoms with Crippen molar-refractivity contribution in [3.05, 3.63) is 0 Å². The quantitative estimate of drug-likeness (QED) is 0.592. The molecule has 3 nitrogen and oxygen atoms in total. The van der Waals surface area contributed by atoms with Gasteiger partial charge in [-0.2, -0.15) is 0 Å². The van der Waals surface area contributed by atoms with Crippen molar-refractivity contribution in [3.63, 3.8) is 0 Å². The van der Waals surface area contributed by atoms with Crippen molar-refractivity contribution >= 4 is 24.0 Å². The monoisotopic (exact) mass is 229 g/mol. The molecule has 0 aliphatic heterocycles. The van der Waals surface area contributed by atoms with Crippen molar-refractivity contribution in [2.45, 2.75) is 25.8 Å². The lowest BCUT2D eigenvalue weighted by Gasteiger charge is -1.95. The van der Waals surface area contributed by atoms with E-state index in [1.807, 2.05) is 0 Å². The lowest BCUT2D eigenvalue weighted by Crippen LogP contribution is -2.06. The smallest absolute Gasteiger partial charge is 0.348 e. The van der Waals surface area contributed by atoms with Crippen LogP contribution in [0.15, 0.2) is 0 Å². The molecule has 0 amide bonds. The van der Waals surface area contributed by atoms with E-state index in [1.165, 1.54) is 0 Å². The van der Waals surface area contributed by atoms with Crippen molar-refractivity contribution in [1.29, 1.82) is 0 Å². The molecule has 0 aromatic carbocycles.